The summed E-state index contributed by atoms with van der Waals surface area (Å²) in [6.07, 6.45) is 0. The Hall–Kier alpha value is -8.20. The number of fused-ring (bicyclic) bond motifs is 6. The first-order chi connectivity index (χ1) is 33.7. The van der Waals surface area contributed by atoms with Crippen molar-refractivity contribution in [2.75, 3.05) is 0 Å². The van der Waals surface area contributed by atoms with E-state index < -0.39 is 12.1 Å². The molecule has 0 unspecified atom stereocenters. The first-order valence-corrected chi connectivity index (χ1v) is 20.8. The Balaban J connectivity index is 1.13. The number of hydrogen-bond acceptors (Lipinski definition) is 0. The van der Waals surface area contributed by atoms with Gasteiger partial charge in [-0.15, -0.1) is 0 Å². The molecular formula is C60H40N2. The van der Waals surface area contributed by atoms with Gasteiger partial charge in [0.25, 0.3) is 0 Å². The highest BCUT2D eigenvalue weighted by Gasteiger charge is 2.19. The van der Waals surface area contributed by atoms with E-state index in [1.54, 1.807) is 4.57 Å². The molecule has 2 heterocycles. The molecule has 62 heavy (non-hydrogen) atoms. The van der Waals surface area contributed by atoms with Crippen LogP contribution in [0.5, 0.6) is 0 Å². The zero-order valence-electron chi connectivity index (χ0n) is 40.4. The first-order valence-electron chi connectivity index (χ1n) is 24.3. The average Bonchev–Trinajstić information content (AvgIpc) is 3.94. The van der Waals surface area contributed by atoms with E-state index in [1.165, 1.54) is 0 Å². The van der Waals surface area contributed by atoms with Gasteiger partial charge in [-0.25, -0.2) is 0 Å². The second kappa shape index (κ2) is 14.8. The lowest BCUT2D eigenvalue weighted by molar-refractivity contribution is 1.18. The number of nitrogens with zero attached hydrogens (tertiary/aromatic N) is 2. The normalized spacial score (nSPS) is 13.1. The van der Waals surface area contributed by atoms with Crippen molar-refractivity contribution in [2.24, 2.45) is 0 Å². The van der Waals surface area contributed by atoms with E-state index in [1.807, 2.05) is 109 Å². The van der Waals surface area contributed by atoms with E-state index in [-0.39, 0.29) is 57.6 Å². The second-order valence-electron chi connectivity index (χ2n) is 15.6. The summed E-state index contributed by atoms with van der Waals surface area (Å²) in [5.41, 5.74) is 12.8. The molecule has 0 spiro atoms. The Labute approximate surface area is 370 Å². The molecule has 2 aromatic heterocycles. The van der Waals surface area contributed by atoms with Crippen LogP contribution < -0.4 is 0 Å². The van der Waals surface area contributed by atoms with Crippen molar-refractivity contribution in [3.8, 4) is 67.0 Å². The molecule has 0 bridgehead atoms. The number of aromatic nitrogens is 2. The van der Waals surface area contributed by atoms with Crippen LogP contribution in [0.1, 0.15) is 9.60 Å². The highest BCUT2D eigenvalue weighted by molar-refractivity contribution is 6.15. The molecule has 12 aromatic rings. The van der Waals surface area contributed by atoms with E-state index in [9.17, 15) is 6.85 Å². The van der Waals surface area contributed by atoms with Crippen LogP contribution >= 0.6 is 0 Å². The van der Waals surface area contributed by atoms with Gasteiger partial charge in [-0.1, -0.05) is 182 Å². The molecular weight excluding hydrogens is 749 g/mol. The molecule has 0 fully saturated rings. The molecule has 0 amide bonds. The van der Waals surface area contributed by atoms with E-state index in [0.717, 1.165) is 72.0 Å². The number of benzene rings is 10. The lowest BCUT2D eigenvalue weighted by atomic mass is 9.97. The van der Waals surface area contributed by atoms with Crippen LogP contribution in [0.4, 0.5) is 0 Å². The SMILES string of the molecule is [2H]c1c([2H])c([2H])c2c(c1[2H])c1c([2H])c(-c3ccc4c(c3)c3cccc(-c5cccc(-c6ccccc6)c5)c3n4-c3cccc(-c4ccccc4)c3)c([2H])c([2H])c1n2-c1cccc(-c2ccccc2)c1. The second-order valence-corrected chi connectivity index (χ2v) is 15.6. The Morgan fingerprint density at radius 3 is 1.50 bits per heavy atom. The molecule has 0 atom stereocenters. The molecule has 0 saturated carbocycles. The van der Waals surface area contributed by atoms with Crippen molar-refractivity contribution in [1.82, 2.24) is 9.13 Å². The molecule has 2 nitrogen and oxygen atoms in total. The van der Waals surface area contributed by atoms with Gasteiger partial charge in [0.2, 0.25) is 0 Å². The molecule has 0 aliphatic carbocycles. The number of para-hydroxylation sites is 2. The van der Waals surface area contributed by atoms with Crippen LogP contribution in [-0.4, -0.2) is 9.13 Å². The molecule has 10 aromatic carbocycles. The van der Waals surface area contributed by atoms with Gasteiger partial charge in [0.1, 0.15) is 0 Å². The maximum atomic E-state index is 10.0. The average molecular weight is 796 g/mol. The topological polar surface area (TPSA) is 9.86 Å². The third-order valence-corrected chi connectivity index (χ3v) is 11.9. The van der Waals surface area contributed by atoms with Gasteiger partial charge in [-0.05, 0) is 111 Å². The van der Waals surface area contributed by atoms with Crippen LogP contribution in [0.2, 0.25) is 0 Å². The van der Waals surface area contributed by atoms with Crippen molar-refractivity contribution in [3.05, 3.63) is 242 Å². The van der Waals surface area contributed by atoms with E-state index in [0.29, 0.717) is 11.3 Å². The highest BCUT2D eigenvalue weighted by Crippen LogP contribution is 2.42. The van der Waals surface area contributed by atoms with Crippen LogP contribution in [-0.2, 0) is 0 Å². The minimum absolute atomic E-state index is 0.0870. The molecule has 290 valence electrons. The maximum Gasteiger partial charge on any atom is 0.0645 e. The monoisotopic (exact) mass is 795 g/mol. The standard InChI is InChI=1S/C60H40N2/c1-4-16-41(17-5-1)44-22-12-25-49(36-44)52-29-15-30-54-56-40-48(33-35-59(56)62(60(52)54)51-27-14-24-46(38-51)43-20-8-3-9-21-43)47-32-34-58-55(39-47)53-28-10-11-31-57(53)61(58)50-26-13-23-45(37-50)42-18-6-2-7-19-42/h1-40H/i10D,11D,28D,31D,32D,34D,39D. The lowest BCUT2D eigenvalue weighted by Gasteiger charge is -2.14. The number of hydrogen-bond donors (Lipinski definition) is 0. The summed E-state index contributed by atoms with van der Waals surface area (Å²) in [6, 6.07) is 65.6. The van der Waals surface area contributed by atoms with Crippen molar-refractivity contribution >= 4 is 43.6 Å². The zero-order chi connectivity index (χ0) is 47.1. The fraction of sp³-hybridized carbons (Fsp3) is 0. The Morgan fingerprint density at radius 2 is 0.823 bits per heavy atom. The predicted octanol–water partition coefficient (Wildman–Crippen LogP) is 16.2. The summed E-state index contributed by atoms with van der Waals surface area (Å²) in [4.78, 5) is 0. The Bertz CT molecular complexity index is 4030. The summed E-state index contributed by atoms with van der Waals surface area (Å²) >= 11 is 0. The first kappa shape index (κ1) is 29.1. The van der Waals surface area contributed by atoms with Crippen LogP contribution in [0.25, 0.3) is 111 Å². The zero-order valence-corrected chi connectivity index (χ0v) is 33.4. The Morgan fingerprint density at radius 1 is 0.290 bits per heavy atom. The summed E-state index contributed by atoms with van der Waals surface area (Å²) < 4.78 is 69.4. The van der Waals surface area contributed by atoms with Gasteiger partial charge in [-0.2, -0.15) is 0 Å². The Kier molecular flexibility index (Phi) is 6.95. The number of rotatable bonds is 7. The largest absolute Gasteiger partial charge is 0.309 e. The van der Waals surface area contributed by atoms with Gasteiger partial charge in [0, 0.05) is 38.5 Å². The van der Waals surface area contributed by atoms with Gasteiger partial charge in [0.15, 0.2) is 0 Å². The van der Waals surface area contributed by atoms with Crippen LogP contribution in [0.15, 0.2) is 242 Å². The van der Waals surface area contributed by atoms with E-state index in [4.69, 9.17) is 2.74 Å². The fourth-order valence-electron chi connectivity index (χ4n) is 9.05. The minimum Gasteiger partial charge on any atom is -0.309 e. The van der Waals surface area contributed by atoms with Crippen LogP contribution in [0, 0.1) is 0 Å². The molecule has 0 saturated heterocycles. The smallest absolute Gasteiger partial charge is 0.0645 e. The summed E-state index contributed by atoms with van der Waals surface area (Å²) in [7, 11) is 0. The van der Waals surface area contributed by atoms with E-state index in [2.05, 4.69) is 95.6 Å². The molecule has 12 rings (SSSR count). The van der Waals surface area contributed by atoms with Crippen molar-refractivity contribution in [2.45, 2.75) is 0 Å². The van der Waals surface area contributed by atoms with Gasteiger partial charge >= 0.3 is 0 Å². The molecule has 0 aliphatic rings. The molecule has 0 aliphatic heterocycles. The predicted molar refractivity (Wildman–Crippen MR) is 262 cm³/mol. The molecule has 2 heteroatoms. The molecule has 0 radical (unpaired) electrons. The maximum absolute atomic E-state index is 10.0. The third kappa shape index (κ3) is 6.04. The van der Waals surface area contributed by atoms with Crippen molar-refractivity contribution in [3.63, 3.8) is 0 Å². The quantitative estimate of drug-likeness (QED) is 0.152. The molecule has 0 N–H and O–H groups in total. The van der Waals surface area contributed by atoms with Gasteiger partial charge in [-0.3, -0.25) is 0 Å². The lowest BCUT2D eigenvalue weighted by Crippen LogP contribution is -1.96. The van der Waals surface area contributed by atoms with Gasteiger partial charge < -0.3 is 9.13 Å². The fourth-order valence-corrected chi connectivity index (χ4v) is 9.05. The third-order valence-electron chi connectivity index (χ3n) is 11.9. The highest BCUT2D eigenvalue weighted by atomic mass is 15.0. The summed E-state index contributed by atoms with van der Waals surface area (Å²) in [6.45, 7) is 0. The summed E-state index contributed by atoms with van der Waals surface area (Å²) in [5, 5.41) is 2.19. The van der Waals surface area contributed by atoms with Crippen molar-refractivity contribution in [1.29, 1.82) is 0 Å². The van der Waals surface area contributed by atoms with E-state index >= 15 is 0 Å². The van der Waals surface area contributed by atoms with Crippen molar-refractivity contribution < 1.29 is 9.60 Å². The van der Waals surface area contributed by atoms with Gasteiger partial charge in [0.05, 0.1) is 31.7 Å². The van der Waals surface area contributed by atoms with Crippen LogP contribution in [0.3, 0.4) is 0 Å². The minimum atomic E-state index is -0.428. The summed E-state index contributed by atoms with van der Waals surface area (Å²) in [5.74, 6) is 0.